The van der Waals surface area contributed by atoms with Gasteiger partial charge in [-0.15, -0.1) is 12.8 Å². The molecule has 136 valence electrons. The molecule has 1 amide bonds. The van der Waals surface area contributed by atoms with E-state index in [-0.39, 0.29) is 30.7 Å². The summed E-state index contributed by atoms with van der Waals surface area (Å²) in [5, 5.41) is 11.5. The van der Waals surface area contributed by atoms with Crippen LogP contribution in [0.3, 0.4) is 0 Å². The summed E-state index contributed by atoms with van der Waals surface area (Å²) in [4.78, 5) is 12.2. The molecule has 5 heteroatoms. The van der Waals surface area contributed by atoms with E-state index < -0.39 is 6.29 Å². The Balaban J connectivity index is 2.13. The van der Waals surface area contributed by atoms with E-state index >= 15 is 0 Å². The number of aliphatic hydroxyl groups excluding tert-OH is 1. The first-order valence-electron chi connectivity index (χ1n) is 8.57. The molecule has 0 saturated carbocycles. The van der Waals surface area contributed by atoms with E-state index in [0.717, 1.165) is 17.5 Å². The number of terminal acetylenes is 2. The van der Waals surface area contributed by atoms with Gasteiger partial charge in [0, 0.05) is 24.5 Å². The van der Waals surface area contributed by atoms with Gasteiger partial charge in [-0.1, -0.05) is 24.0 Å². The average molecular weight is 353 g/mol. The van der Waals surface area contributed by atoms with E-state index in [0.29, 0.717) is 19.4 Å². The lowest BCUT2D eigenvalue weighted by Crippen LogP contribution is -2.33. The molecule has 1 aromatic carbocycles. The maximum atomic E-state index is 12.2. The van der Waals surface area contributed by atoms with Crippen LogP contribution >= 0.6 is 0 Å². The van der Waals surface area contributed by atoms with Crippen molar-refractivity contribution in [3.8, 4) is 24.7 Å². The van der Waals surface area contributed by atoms with Crippen LogP contribution in [0.5, 0.6) is 0 Å². The van der Waals surface area contributed by atoms with E-state index in [1.165, 1.54) is 0 Å². The number of carbonyl (C=O) groups is 1. The zero-order valence-corrected chi connectivity index (χ0v) is 14.6. The van der Waals surface area contributed by atoms with Crippen molar-refractivity contribution >= 4 is 5.91 Å². The minimum Gasteiger partial charge on any atom is -0.459 e. The van der Waals surface area contributed by atoms with Gasteiger partial charge in [-0.05, 0) is 36.6 Å². The molecule has 1 heterocycles. The summed E-state index contributed by atoms with van der Waals surface area (Å²) in [5.74, 6) is 4.75. The first kappa shape index (κ1) is 19.6. The zero-order valence-electron chi connectivity index (χ0n) is 14.6. The number of nitrogens with one attached hydrogen (secondary N) is 1. The van der Waals surface area contributed by atoms with Crippen LogP contribution in [0.25, 0.3) is 0 Å². The Hall–Kier alpha value is -2.73. The van der Waals surface area contributed by atoms with Crippen LogP contribution in [0.4, 0.5) is 0 Å². The maximum Gasteiger partial charge on any atom is 0.286 e. The fourth-order valence-electron chi connectivity index (χ4n) is 2.62. The Morgan fingerprint density at radius 2 is 2.08 bits per heavy atom. The van der Waals surface area contributed by atoms with E-state index in [9.17, 15) is 4.79 Å². The van der Waals surface area contributed by atoms with Gasteiger partial charge in [0.05, 0.1) is 13.2 Å². The number of unbranched alkanes of at least 4 members (excludes halogenated alkanes) is 1. The van der Waals surface area contributed by atoms with Crippen molar-refractivity contribution in [2.45, 2.75) is 31.5 Å². The summed E-state index contributed by atoms with van der Waals surface area (Å²) < 4.78 is 11.4. The molecule has 0 bridgehead atoms. The Labute approximate surface area is 154 Å². The lowest BCUT2D eigenvalue weighted by Gasteiger charge is -2.29. The largest absolute Gasteiger partial charge is 0.459 e. The van der Waals surface area contributed by atoms with Crippen molar-refractivity contribution in [2.75, 3.05) is 19.8 Å². The van der Waals surface area contributed by atoms with Crippen molar-refractivity contribution in [3.05, 3.63) is 47.2 Å². The van der Waals surface area contributed by atoms with Crippen LogP contribution in [0.2, 0.25) is 0 Å². The molecule has 2 N–H and O–H groups in total. The summed E-state index contributed by atoms with van der Waals surface area (Å²) in [5.41, 5.74) is 1.83. The topological polar surface area (TPSA) is 67.8 Å². The number of rotatable bonds is 8. The van der Waals surface area contributed by atoms with Crippen LogP contribution in [0.1, 0.15) is 36.3 Å². The molecular weight excluding hydrogens is 330 g/mol. The summed E-state index contributed by atoms with van der Waals surface area (Å²) in [6.07, 6.45) is 13.8. The van der Waals surface area contributed by atoms with Crippen molar-refractivity contribution in [1.29, 1.82) is 0 Å². The monoisotopic (exact) mass is 353 g/mol. The van der Waals surface area contributed by atoms with E-state index in [2.05, 4.69) is 17.2 Å². The van der Waals surface area contributed by atoms with Gasteiger partial charge >= 0.3 is 0 Å². The normalized spacial score (nSPS) is 18.8. The molecule has 1 aromatic rings. The second-order valence-electron chi connectivity index (χ2n) is 5.88. The number of hydrogen-bond acceptors (Lipinski definition) is 4. The second kappa shape index (κ2) is 10.3. The standard InChI is InChI=1S/C21H23NO4/c1-3-11-22-21(24)19-14-18(17-9-7-16(4-2)8-10-17)15-20(26-19)25-13-6-5-12-23/h1-2,7-10,14,18,20,23H,5-6,11-13,15H2,(H,22,24)/t18-,20+/m0/s1. The molecule has 2 rings (SSSR count). The third-order valence-corrected chi connectivity index (χ3v) is 3.99. The molecule has 0 radical (unpaired) electrons. The fraction of sp³-hybridized carbons (Fsp3) is 0.381. The molecule has 0 aliphatic carbocycles. The Morgan fingerprint density at radius 1 is 1.31 bits per heavy atom. The third kappa shape index (κ3) is 5.67. The van der Waals surface area contributed by atoms with E-state index in [4.69, 9.17) is 27.4 Å². The molecule has 5 nitrogen and oxygen atoms in total. The van der Waals surface area contributed by atoms with Crippen LogP contribution in [0.15, 0.2) is 36.1 Å². The average Bonchev–Trinajstić information content (AvgIpc) is 2.69. The molecule has 26 heavy (non-hydrogen) atoms. The summed E-state index contributed by atoms with van der Waals surface area (Å²) >= 11 is 0. The SMILES string of the molecule is C#CCNC(=O)C1=C[C@H](c2ccc(C#C)cc2)C[C@H](OCCCCO)O1. The number of carbonyl (C=O) groups excluding carboxylic acids is 1. The lowest BCUT2D eigenvalue weighted by atomic mass is 9.92. The van der Waals surface area contributed by atoms with Crippen molar-refractivity contribution in [1.82, 2.24) is 5.32 Å². The maximum absolute atomic E-state index is 12.2. The molecule has 0 unspecified atom stereocenters. The highest BCUT2D eigenvalue weighted by atomic mass is 16.7. The highest BCUT2D eigenvalue weighted by Crippen LogP contribution is 2.31. The Kier molecular flexibility index (Phi) is 7.76. The van der Waals surface area contributed by atoms with Gasteiger partial charge in [0.15, 0.2) is 5.76 Å². The highest BCUT2D eigenvalue weighted by Gasteiger charge is 2.28. The third-order valence-electron chi connectivity index (χ3n) is 3.99. The predicted molar refractivity (Wildman–Crippen MR) is 98.8 cm³/mol. The van der Waals surface area contributed by atoms with Gasteiger partial charge in [0.25, 0.3) is 5.91 Å². The first-order valence-corrected chi connectivity index (χ1v) is 8.57. The minimum atomic E-state index is -0.539. The lowest BCUT2D eigenvalue weighted by molar-refractivity contribution is -0.146. The van der Waals surface area contributed by atoms with E-state index in [1.807, 2.05) is 24.3 Å². The molecule has 0 spiro atoms. The van der Waals surface area contributed by atoms with Crippen molar-refractivity contribution in [2.24, 2.45) is 0 Å². The van der Waals surface area contributed by atoms with Gasteiger partial charge in [-0.25, -0.2) is 0 Å². The molecule has 1 aliphatic rings. The molecule has 0 fully saturated rings. The van der Waals surface area contributed by atoms with Gasteiger partial charge in [-0.3, -0.25) is 4.79 Å². The smallest absolute Gasteiger partial charge is 0.286 e. The number of amides is 1. The Bertz CT molecular complexity index is 709. The predicted octanol–water partition coefficient (Wildman–Crippen LogP) is 1.92. The van der Waals surface area contributed by atoms with Crippen LogP contribution in [0, 0.1) is 24.7 Å². The van der Waals surface area contributed by atoms with Gasteiger partial charge < -0.3 is 19.9 Å². The fourth-order valence-corrected chi connectivity index (χ4v) is 2.62. The second-order valence-corrected chi connectivity index (χ2v) is 5.88. The van der Waals surface area contributed by atoms with Crippen molar-refractivity contribution < 1.29 is 19.4 Å². The number of aliphatic hydroxyl groups is 1. The minimum absolute atomic E-state index is 0.0370. The summed E-state index contributed by atoms with van der Waals surface area (Å²) in [7, 11) is 0. The van der Waals surface area contributed by atoms with Crippen molar-refractivity contribution in [3.63, 3.8) is 0 Å². The van der Waals surface area contributed by atoms with Crippen LogP contribution in [-0.2, 0) is 14.3 Å². The quantitative estimate of drug-likeness (QED) is 0.553. The molecule has 2 atom stereocenters. The molecule has 1 aliphatic heterocycles. The number of ether oxygens (including phenoxy) is 2. The molecule has 0 saturated heterocycles. The number of allylic oxidation sites excluding steroid dienone is 1. The van der Waals surface area contributed by atoms with Gasteiger partial charge in [0.1, 0.15) is 0 Å². The summed E-state index contributed by atoms with van der Waals surface area (Å²) in [6, 6.07) is 7.63. The van der Waals surface area contributed by atoms with Crippen LogP contribution in [-0.4, -0.2) is 37.1 Å². The summed E-state index contributed by atoms with van der Waals surface area (Å²) in [6.45, 7) is 0.703. The number of benzene rings is 1. The highest BCUT2D eigenvalue weighted by molar-refractivity contribution is 5.91. The molecule has 0 aromatic heterocycles. The number of hydrogen-bond donors (Lipinski definition) is 2. The first-order chi connectivity index (χ1) is 12.7. The zero-order chi connectivity index (χ0) is 18.8. The molecular formula is C21H23NO4. The van der Waals surface area contributed by atoms with Gasteiger partial charge in [-0.2, -0.15) is 0 Å². The van der Waals surface area contributed by atoms with Gasteiger partial charge in [0.2, 0.25) is 6.29 Å². The van der Waals surface area contributed by atoms with E-state index in [1.54, 1.807) is 6.08 Å². The Morgan fingerprint density at radius 3 is 2.73 bits per heavy atom. The van der Waals surface area contributed by atoms with Crippen LogP contribution < -0.4 is 5.32 Å².